The van der Waals surface area contributed by atoms with Gasteiger partial charge in [-0.1, -0.05) is 0 Å². The molecule has 2 amide bonds. The summed E-state index contributed by atoms with van der Waals surface area (Å²) in [5.41, 5.74) is 5.33. The molecule has 1 heterocycles. The summed E-state index contributed by atoms with van der Waals surface area (Å²) >= 11 is 1.99. The maximum absolute atomic E-state index is 11.3. The highest BCUT2D eigenvalue weighted by Crippen LogP contribution is 2.21. The van der Waals surface area contributed by atoms with Crippen LogP contribution in [0.4, 0.5) is 4.79 Å². The lowest BCUT2D eigenvalue weighted by Gasteiger charge is -2.21. The lowest BCUT2D eigenvalue weighted by Crippen LogP contribution is -2.39. The average Bonchev–Trinajstić information content (AvgIpc) is 2.28. The van der Waals surface area contributed by atoms with Gasteiger partial charge in [0, 0.05) is 13.1 Å². The Hall–Kier alpha value is -0.420. The highest BCUT2D eigenvalue weighted by molar-refractivity contribution is 7.99. The fourth-order valence-electron chi connectivity index (χ4n) is 1.57. The van der Waals surface area contributed by atoms with E-state index in [2.05, 4.69) is 10.6 Å². The normalized spacial score (nSPS) is 21.0. The van der Waals surface area contributed by atoms with Crippen molar-refractivity contribution in [2.24, 2.45) is 11.7 Å². The molecule has 0 aliphatic carbocycles. The van der Waals surface area contributed by atoms with E-state index in [0.29, 0.717) is 19.0 Å². The highest BCUT2D eigenvalue weighted by atomic mass is 32.2. The molecule has 0 spiro atoms. The molecule has 1 atom stereocenters. The summed E-state index contributed by atoms with van der Waals surface area (Å²) in [5, 5.41) is 5.69. The smallest absolute Gasteiger partial charge is 0.314 e. The largest absolute Gasteiger partial charge is 0.338 e. The van der Waals surface area contributed by atoms with E-state index in [0.717, 1.165) is 13.0 Å². The molecule has 0 bridgehead atoms. The number of urea groups is 1. The molecule has 1 aliphatic heterocycles. The van der Waals surface area contributed by atoms with Crippen molar-refractivity contribution in [3.8, 4) is 0 Å². The van der Waals surface area contributed by atoms with Crippen molar-refractivity contribution in [2.75, 3.05) is 31.1 Å². The second-order valence-electron chi connectivity index (χ2n) is 3.86. The van der Waals surface area contributed by atoms with Gasteiger partial charge < -0.3 is 16.4 Å². The van der Waals surface area contributed by atoms with Crippen molar-refractivity contribution in [3.05, 3.63) is 0 Å². The van der Waals surface area contributed by atoms with E-state index in [1.807, 2.05) is 11.8 Å². The molecule has 1 fully saturated rings. The topological polar surface area (TPSA) is 67.1 Å². The van der Waals surface area contributed by atoms with Gasteiger partial charge in [0.15, 0.2) is 0 Å². The molecule has 0 radical (unpaired) electrons. The zero-order chi connectivity index (χ0) is 10.9. The van der Waals surface area contributed by atoms with Crippen LogP contribution in [0.1, 0.15) is 19.3 Å². The van der Waals surface area contributed by atoms with Crippen molar-refractivity contribution in [2.45, 2.75) is 19.3 Å². The summed E-state index contributed by atoms with van der Waals surface area (Å²) in [5.74, 6) is 3.12. The SMILES string of the molecule is NCCCNC(=O)NCC1CCCSC1. The number of thioether (sulfide) groups is 1. The lowest BCUT2D eigenvalue weighted by atomic mass is 10.1. The number of amides is 2. The fourth-order valence-corrected chi connectivity index (χ4v) is 2.73. The highest BCUT2D eigenvalue weighted by Gasteiger charge is 2.14. The van der Waals surface area contributed by atoms with Gasteiger partial charge in [-0.3, -0.25) is 0 Å². The molecule has 1 unspecified atom stereocenters. The van der Waals surface area contributed by atoms with Crippen molar-refractivity contribution >= 4 is 17.8 Å². The zero-order valence-corrected chi connectivity index (χ0v) is 9.94. The molecule has 1 saturated heterocycles. The number of hydrogen-bond donors (Lipinski definition) is 3. The first-order valence-electron chi connectivity index (χ1n) is 5.62. The summed E-state index contributed by atoms with van der Waals surface area (Å²) in [6.07, 6.45) is 3.37. The van der Waals surface area contributed by atoms with Crippen LogP contribution in [0.25, 0.3) is 0 Å². The Kier molecular flexibility index (Phi) is 6.59. The minimum absolute atomic E-state index is 0.0565. The van der Waals surface area contributed by atoms with Crippen molar-refractivity contribution in [3.63, 3.8) is 0 Å². The van der Waals surface area contributed by atoms with Gasteiger partial charge >= 0.3 is 6.03 Å². The zero-order valence-electron chi connectivity index (χ0n) is 9.13. The summed E-state index contributed by atoms with van der Waals surface area (Å²) in [6.45, 7) is 2.10. The number of nitrogens with one attached hydrogen (secondary N) is 2. The number of carbonyl (C=O) groups excluding carboxylic acids is 1. The molecular weight excluding hydrogens is 210 g/mol. The first kappa shape index (κ1) is 12.6. The van der Waals surface area contributed by atoms with Crippen molar-refractivity contribution in [1.29, 1.82) is 0 Å². The van der Waals surface area contributed by atoms with E-state index in [4.69, 9.17) is 5.73 Å². The van der Waals surface area contributed by atoms with Gasteiger partial charge in [-0.25, -0.2) is 4.79 Å². The molecule has 5 heteroatoms. The van der Waals surface area contributed by atoms with Gasteiger partial charge in [-0.05, 0) is 43.2 Å². The summed E-state index contributed by atoms with van der Waals surface area (Å²) in [4.78, 5) is 11.3. The van der Waals surface area contributed by atoms with Crippen LogP contribution in [0, 0.1) is 5.92 Å². The van der Waals surface area contributed by atoms with E-state index in [9.17, 15) is 4.79 Å². The van der Waals surface area contributed by atoms with Crippen molar-refractivity contribution < 1.29 is 4.79 Å². The second kappa shape index (κ2) is 7.82. The molecule has 4 nitrogen and oxygen atoms in total. The van der Waals surface area contributed by atoms with Crippen LogP contribution in [-0.2, 0) is 0 Å². The van der Waals surface area contributed by atoms with Crippen LogP contribution in [0.5, 0.6) is 0 Å². The van der Waals surface area contributed by atoms with Crippen LogP contribution < -0.4 is 16.4 Å². The maximum atomic E-state index is 11.3. The summed E-state index contributed by atoms with van der Waals surface area (Å²) < 4.78 is 0. The molecular formula is C10H21N3OS. The fraction of sp³-hybridized carbons (Fsp3) is 0.900. The van der Waals surface area contributed by atoms with Crippen LogP contribution in [0.2, 0.25) is 0 Å². The molecule has 0 aromatic carbocycles. The molecule has 4 N–H and O–H groups in total. The average molecular weight is 231 g/mol. The van der Waals surface area contributed by atoms with Gasteiger partial charge in [0.25, 0.3) is 0 Å². The van der Waals surface area contributed by atoms with Crippen LogP contribution in [0.15, 0.2) is 0 Å². The van der Waals surface area contributed by atoms with Gasteiger partial charge in [-0.2, -0.15) is 11.8 Å². The third-order valence-electron chi connectivity index (χ3n) is 2.47. The second-order valence-corrected chi connectivity index (χ2v) is 5.01. The molecule has 0 saturated carbocycles. The third-order valence-corrected chi connectivity index (χ3v) is 3.76. The Balaban J connectivity index is 2.00. The molecule has 1 aliphatic rings. The van der Waals surface area contributed by atoms with Gasteiger partial charge in [0.2, 0.25) is 0 Å². The van der Waals surface area contributed by atoms with Gasteiger partial charge in [-0.15, -0.1) is 0 Å². The van der Waals surface area contributed by atoms with E-state index >= 15 is 0 Å². The van der Waals surface area contributed by atoms with E-state index in [-0.39, 0.29) is 6.03 Å². The van der Waals surface area contributed by atoms with Crippen LogP contribution in [-0.4, -0.2) is 37.2 Å². The molecule has 0 aromatic heterocycles. The standard InChI is InChI=1S/C10H21N3OS/c11-4-2-5-12-10(14)13-7-9-3-1-6-15-8-9/h9H,1-8,11H2,(H2,12,13,14). The van der Waals surface area contributed by atoms with E-state index < -0.39 is 0 Å². The van der Waals surface area contributed by atoms with E-state index in [1.165, 1.54) is 24.3 Å². The Morgan fingerprint density at radius 2 is 2.33 bits per heavy atom. The Morgan fingerprint density at radius 1 is 1.47 bits per heavy atom. The first-order chi connectivity index (χ1) is 7.33. The maximum Gasteiger partial charge on any atom is 0.314 e. The summed E-state index contributed by atoms with van der Waals surface area (Å²) in [7, 11) is 0. The number of rotatable bonds is 5. The lowest BCUT2D eigenvalue weighted by molar-refractivity contribution is 0.239. The Labute approximate surface area is 95.7 Å². The number of hydrogen-bond acceptors (Lipinski definition) is 3. The predicted octanol–water partition coefficient (Wildman–Crippen LogP) is 0.778. The Bertz CT molecular complexity index is 184. The minimum atomic E-state index is -0.0565. The quantitative estimate of drug-likeness (QED) is 0.612. The molecule has 88 valence electrons. The monoisotopic (exact) mass is 231 g/mol. The van der Waals surface area contributed by atoms with E-state index in [1.54, 1.807) is 0 Å². The number of carbonyl (C=O) groups is 1. The third kappa shape index (κ3) is 5.89. The predicted molar refractivity (Wildman–Crippen MR) is 65.1 cm³/mol. The minimum Gasteiger partial charge on any atom is -0.338 e. The van der Waals surface area contributed by atoms with Crippen LogP contribution in [0.3, 0.4) is 0 Å². The first-order valence-corrected chi connectivity index (χ1v) is 6.78. The van der Waals surface area contributed by atoms with Gasteiger partial charge in [0.1, 0.15) is 0 Å². The Morgan fingerprint density at radius 3 is 3.00 bits per heavy atom. The molecule has 0 aromatic rings. The van der Waals surface area contributed by atoms with Crippen molar-refractivity contribution in [1.82, 2.24) is 10.6 Å². The number of nitrogens with two attached hydrogens (primary N) is 1. The van der Waals surface area contributed by atoms with Gasteiger partial charge in [0.05, 0.1) is 0 Å². The molecule has 1 rings (SSSR count). The molecule has 15 heavy (non-hydrogen) atoms. The van der Waals surface area contributed by atoms with Crippen LogP contribution >= 0.6 is 11.8 Å². The summed E-state index contributed by atoms with van der Waals surface area (Å²) in [6, 6.07) is -0.0565.